The van der Waals surface area contributed by atoms with E-state index in [0.29, 0.717) is 13.0 Å². The van der Waals surface area contributed by atoms with E-state index < -0.39 is 0 Å². The Hall–Kier alpha value is -2.16. The number of hydrogen-bond acceptors (Lipinski definition) is 2. The van der Waals surface area contributed by atoms with Gasteiger partial charge in [-0.1, -0.05) is 43.3 Å². The number of rotatable bonds is 6. The van der Waals surface area contributed by atoms with Gasteiger partial charge in [0.05, 0.1) is 0 Å². The molecule has 0 aliphatic rings. The fourth-order valence-electron chi connectivity index (χ4n) is 2.13. The van der Waals surface area contributed by atoms with Crippen molar-refractivity contribution in [1.29, 1.82) is 0 Å². The fourth-order valence-corrected chi connectivity index (χ4v) is 2.13. The maximum absolute atomic E-state index is 11.9. The summed E-state index contributed by atoms with van der Waals surface area (Å²) in [4.78, 5) is 16.1. The Bertz CT molecular complexity index is 525. The van der Waals surface area contributed by atoms with E-state index in [1.807, 2.05) is 36.4 Å². The molecule has 3 heteroatoms. The number of nitrogens with one attached hydrogen (secondary N) is 1. The molecule has 0 saturated heterocycles. The number of amides is 1. The smallest absolute Gasteiger partial charge is 0.220 e. The molecule has 1 heterocycles. The molecule has 1 amide bonds. The second kappa shape index (κ2) is 7.43. The zero-order valence-electron chi connectivity index (χ0n) is 11.8. The summed E-state index contributed by atoms with van der Waals surface area (Å²) >= 11 is 0. The van der Waals surface area contributed by atoms with Crippen LogP contribution < -0.4 is 5.32 Å². The molecule has 2 aromatic rings. The van der Waals surface area contributed by atoms with Crippen LogP contribution in [0.2, 0.25) is 0 Å². The van der Waals surface area contributed by atoms with Gasteiger partial charge in [-0.2, -0.15) is 0 Å². The molecule has 0 aliphatic carbocycles. The van der Waals surface area contributed by atoms with Crippen molar-refractivity contribution in [3.63, 3.8) is 0 Å². The Kier molecular flexibility index (Phi) is 5.30. The van der Waals surface area contributed by atoms with Crippen LogP contribution in [-0.2, 0) is 11.2 Å². The van der Waals surface area contributed by atoms with Gasteiger partial charge in [-0.15, -0.1) is 0 Å². The number of nitrogens with zero attached hydrogens (tertiary/aromatic N) is 1. The maximum Gasteiger partial charge on any atom is 0.220 e. The van der Waals surface area contributed by atoms with Crippen LogP contribution in [0.4, 0.5) is 0 Å². The van der Waals surface area contributed by atoms with Crippen LogP contribution in [-0.4, -0.2) is 17.4 Å². The minimum Gasteiger partial charge on any atom is -0.356 e. The molecule has 0 saturated carbocycles. The molecule has 0 aliphatic heterocycles. The quantitative estimate of drug-likeness (QED) is 0.875. The molecule has 1 N–H and O–H groups in total. The van der Waals surface area contributed by atoms with Crippen LogP contribution in [0.3, 0.4) is 0 Å². The van der Waals surface area contributed by atoms with Gasteiger partial charge in [-0.05, 0) is 23.6 Å². The number of carbonyl (C=O) groups is 1. The minimum atomic E-state index is 0.0947. The largest absolute Gasteiger partial charge is 0.356 e. The molecule has 3 nitrogen and oxygen atoms in total. The molecular weight excluding hydrogens is 248 g/mol. The predicted molar refractivity (Wildman–Crippen MR) is 80.4 cm³/mol. The summed E-state index contributed by atoms with van der Waals surface area (Å²) in [6.45, 7) is 2.71. The minimum absolute atomic E-state index is 0.0947. The highest BCUT2D eigenvalue weighted by Crippen LogP contribution is 2.17. The van der Waals surface area contributed by atoms with Gasteiger partial charge in [-0.25, -0.2) is 0 Å². The summed E-state index contributed by atoms with van der Waals surface area (Å²) in [6.07, 6.45) is 3.06. The summed E-state index contributed by atoms with van der Waals surface area (Å²) in [6, 6.07) is 15.9. The van der Waals surface area contributed by atoms with Gasteiger partial charge in [-0.3, -0.25) is 9.78 Å². The molecule has 0 radical (unpaired) electrons. The summed E-state index contributed by atoms with van der Waals surface area (Å²) < 4.78 is 0. The van der Waals surface area contributed by atoms with Crippen molar-refractivity contribution in [2.45, 2.75) is 25.7 Å². The third-order valence-corrected chi connectivity index (χ3v) is 3.29. The number of benzene rings is 1. The van der Waals surface area contributed by atoms with E-state index in [9.17, 15) is 4.79 Å². The lowest BCUT2D eigenvalue weighted by Crippen LogP contribution is -2.26. The molecule has 104 valence electrons. The molecule has 1 unspecified atom stereocenters. The van der Waals surface area contributed by atoms with Crippen molar-refractivity contribution in [3.05, 3.63) is 66.0 Å². The Morgan fingerprint density at radius 1 is 1.15 bits per heavy atom. The first-order valence-electron chi connectivity index (χ1n) is 6.97. The summed E-state index contributed by atoms with van der Waals surface area (Å²) in [5.74, 6) is 0.336. The van der Waals surface area contributed by atoms with Crippen molar-refractivity contribution in [2.75, 3.05) is 6.54 Å². The van der Waals surface area contributed by atoms with Crippen LogP contribution in [0.15, 0.2) is 54.7 Å². The van der Waals surface area contributed by atoms with Gasteiger partial charge >= 0.3 is 0 Å². The Labute approximate surface area is 120 Å². The fraction of sp³-hybridized carbons (Fsp3) is 0.294. The first kappa shape index (κ1) is 14.3. The molecular formula is C17H20N2O. The summed E-state index contributed by atoms with van der Waals surface area (Å²) in [5.41, 5.74) is 2.20. The molecule has 0 bridgehead atoms. The van der Waals surface area contributed by atoms with E-state index in [2.05, 4.69) is 29.4 Å². The predicted octanol–water partition coefficient (Wildman–Crippen LogP) is 2.93. The highest BCUT2D eigenvalue weighted by molar-refractivity contribution is 5.76. The van der Waals surface area contributed by atoms with Crippen molar-refractivity contribution < 1.29 is 4.79 Å². The van der Waals surface area contributed by atoms with Crippen LogP contribution in [0.25, 0.3) is 0 Å². The molecule has 2 rings (SSSR count). The summed E-state index contributed by atoms with van der Waals surface area (Å²) in [5, 5.41) is 2.95. The van der Waals surface area contributed by atoms with Crippen LogP contribution in [0.5, 0.6) is 0 Å². The SMILES string of the molecule is CC(CC(=O)NCCc1ccccn1)c1ccccc1. The van der Waals surface area contributed by atoms with Gasteiger partial charge in [0, 0.05) is 31.3 Å². The van der Waals surface area contributed by atoms with Crippen molar-refractivity contribution in [3.8, 4) is 0 Å². The van der Waals surface area contributed by atoms with Gasteiger partial charge in [0.2, 0.25) is 5.91 Å². The second-order valence-corrected chi connectivity index (χ2v) is 4.94. The van der Waals surface area contributed by atoms with Gasteiger partial charge in [0.15, 0.2) is 0 Å². The standard InChI is InChI=1S/C17H20N2O/c1-14(15-7-3-2-4-8-15)13-17(20)19-12-10-16-9-5-6-11-18-16/h2-9,11,14H,10,12-13H2,1H3,(H,19,20). The van der Waals surface area contributed by atoms with E-state index in [-0.39, 0.29) is 11.8 Å². The monoisotopic (exact) mass is 268 g/mol. The average molecular weight is 268 g/mol. The van der Waals surface area contributed by atoms with E-state index in [1.54, 1.807) is 6.20 Å². The van der Waals surface area contributed by atoms with Crippen molar-refractivity contribution in [2.24, 2.45) is 0 Å². The number of carbonyl (C=O) groups excluding carboxylic acids is 1. The maximum atomic E-state index is 11.9. The summed E-state index contributed by atoms with van der Waals surface area (Å²) in [7, 11) is 0. The first-order chi connectivity index (χ1) is 9.75. The van der Waals surface area contributed by atoms with Gasteiger partial charge in [0.25, 0.3) is 0 Å². The van der Waals surface area contributed by atoms with E-state index in [1.165, 1.54) is 5.56 Å². The zero-order valence-corrected chi connectivity index (χ0v) is 11.8. The third-order valence-electron chi connectivity index (χ3n) is 3.29. The highest BCUT2D eigenvalue weighted by Gasteiger charge is 2.10. The Morgan fingerprint density at radius 3 is 2.60 bits per heavy atom. The number of pyridine rings is 1. The molecule has 1 aromatic heterocycles. The van der Waals surface area contributed by atoms with E-state index >= 15 is 0 Å². The lowest BCUT2D eigenvalue weighted by molar-refractivity contribution is -0.121. The zero-order chi connectivity index (χ0) is 14.2. The number of aromatic nitrogens is 1. The topological polar surface area (TPSA) is 42.0 Å². The van der Waals surface area contributed by atoms with Crippen LogP contribution in [0, 0.1) is 0 Å². The second-order valence-electron chi connectivity index (χ2n) is 4.94. The van der Waals surface area contributed by atoms with E-state index in [0.717, 1.165) is 12.1 Å². The lowest BCUT2D eigenvalue weighted by Gasteiger charge is -2.11. The number of hydrogen-bond donors (Lipinski definition) is 1. The normalized spacial score (nSPS) is 11.8. The van der Waals surface area contributed by atoms with Gasteiger partial charge < -0.3 is 5.32 Å². The lowest BCUT2D eigenvalue weighted by atomic mass is 9.97. The van der Waals surface area contributed by atoms with Crippen molar-refractivity contribution in [1.82, 2.24) is 10.3 Å². The highest BCUT2D eigenvalue weighted by atomic mass is 16.1. The Morgan fingerprint density at radius 2 is 1.90 bits per heavy atom. The van der Waals surface area contributed by atoms with Gasteiger partial charge in [0.1, 0.15) is 0 Å². The van der Waals surface area contributed by atoms with E-state index in [4.69, 9.17) is 0 Å². The van der Waals surface area contributed by atoms with Crippen LogP contribution >= 0.6 is 0 Å². The van der Waals surface area contributed by atoms with Crippen molar-refractivity contribution >= 4 is 5.91 Å². The molecule has 1 atom stereocenters. The molecule has 0 fully saturated rings. The molecule has 20 heavy (non-hydrogen) atoms. The third kappa shape index (κ3) is 4.50. The van der Waals surface area contributed by atoms with Crippen LogP contribution in [0.1, 0.15) is 30.5 Å². The first-order valence-corrected chi connectivity index (χ1v) is 6.97. The molecule has 1 aromatic carbocycles. The Balaban J connectivity index is 1.73. The average Bonchev–Trinajstić information content (AvgIpc) is 2.49. The molecule has 0 spiro atoms.